The summed E-state index contributed by atoms with van der Waals surface area (Å²) in [4.78, 5) is 10.3. The molecule has 4 nitrogen and oxygen atoms in total. The number of amides is 1. The summed E-state index contributed by atoms with van der Waals surface area (Å²) in [6.07, 6.45) is 1.65. The van der Waals surface area contributed by atoms with Gasteiger partial charge in [0.05, 0.1) is 12.5 Å². The van der Waals surface area contributed by atoms with Crippen LogP contribution in [0.3, 0.4) is 0 Å². The van der Waals surface area contributed by atoms with E-state index in [0.29, 0.717) is 12.8 Å². The van der Waals surface area contributed by atoms with Gasteiger partial charge >= 0.3 is 0 Å². The molecule has 0 spiro atoms. The Morgan fingerprint density at radius 3 is 2.92 bits per heavy atom. The molecule has 0 rings (SSSR count). The normalized spacial score (nSPS) is 12.0. The molecule has 0 saturated heterocycles. The van der Waals surface area contributed by atoms with Crippen molar-refractivity contribution in [3.8, 4) is 6.07 Å². The zero-order valence-corrected chi connectivity index (χ0v) is 7.34. The second-order valence-electron chi connectivity index (χ2n) is 2.79. The van der Waals surface area contributed by atoms with E-state index < -0.39 is 0 Å². The molecule has 0 fully saturated rings. The molecule has 0 heterocycles. The lowest BCUT2D eigenvalue weighted by molar-refractivity contribution is -0.118. The molecule has 0 bridgehead atoms. The number of nitrogens with two attached hydrogens (primary N) is 1. The number of nitrogens with zero attached hydrogens (tertiary/aromatic N) is 1. The summed E-state index contributed by atoms with van der Waals surface area (Å²) < 4.78 is 0. The van der Waals surface area contributed by atoms with Gasteiger partial charge in [-0.3, -0.25) is 4.79 Å². The van der Waals surface area contributed by atoms with E-state index in [4.69, 9.17) is 11.0 Å². The Balaban J connectivity index is 3.20. The summed E-state index contributed by atoms with van der Waals surface area (Å²) in [6.45, 7) is 2.68. The fraction of sp³-hybridized carbons (Fsp3) is 0.750. The van der Waals surface area contributed by atoms with E-state index in [1.54, 1.807) is 0 Å². The highest BCUT2D eigenvalue weighted by Gasteiger charge is 1.99. The topological polar surface area (TPSA) is 78.9 Å². The second kappa shape index (κ2) is 6.62. The predicted octanol–water partition coefficient (Wildman–Crippen LogP) is 0.144. The molecule has 1 unspecified atom stereocenters. The highest BCUT2D eigenvalue weighted by molar-refractivity contribution is 5.73. The minimum atomic E-state index is -0.273. The Labute approximate surface area is 72.7 Å². The lowest BCUT2D eigenvalue weighted by Crippen LogP contribution is -2.27. The van der Waals surface area contributed by atoms with Crippen LogP contribution in [-0.2, 0) is 4.79 Å². The number of hydrogen-bond acceptors (Lipinski definition) is 3. The largest absolute Gasteiger partial charge is 0.370 e. The van der Waals surface area contributed by atoms with Crippen LogP contribution >= 0.6 is 0 Å². The summed E-state index contributed by atoms with van der Waals surface area (Å²) in [6, 6.07) is 2.26. The zero-order chi connectivity index (χ0) is 9.40. The van der Waals surface area contributed by atoms with Gasteiger partial charge in [0.25, 0.3) is 0 Å². The molecule has 0 saturated carbocycles. The molecule has 1 atom stereocenters. The van der Waals surface area contributed by atoms with Crippen LogP contribution in [0.25, 0.3) is 0 Å². The Kier molecular flexibility index (Phi) is 6.02. The number of carbonyl (C=O) groups is 1. The maximum atomic E-state index is 10.3. The molecule has 3 N–H and O–H groups in total. The molecule has 12 heavy (non-hydrogen) atoms. The van der Waals surface area contributed by atoms with Crippen molar-refractivity contribution in [2.24, 2.45) is 5.73 Å². The van der Waals surface area contributed by atoms with Gasteiger partial charge in [-0.25, -0.2) is 0 Å². The molecule has 0 aliphatic rings. The van der Waals surface area contributed by atoms with Gasteiger partial charge in [0.15, 0.2) is 0 Å². The Hall–Kier alpha value is -1.08. The third-order valence-corrected chi connectivity index (χ3v) is 1.49. The fourth-order valence-electron chi connectivity index (χ4n) is 0.820. The van der Waals surface area contributed by atoms with Crippen LogP contribution in [-0.4, -0.2) is 18.5 Å². The molecule has 0 aromatic heterocycles. The number of nitriles is 1. The standard InChI is InChI=1S/C8H15N3O/c1-7(4-5-9)11-6-2-3-8(10)12/h7,11H,2-4,6H2,1H3,(H2,10,12). The minimum Gasteiger partial charge on any atom is -0.370 e. The van der Waals surface area contributed by atoms with Crippen molar-refractivity contribution < 1.29 is 4.79 Å². The number of carbonyl (C=O) groups excluding carboxylic acids is 1. The first-order valence-electron chi connectivity index (χ1n) is 4.05. The van der Waals surface area contributed by atoms with Gasteiger partial charge in [0.1, 0.15) is 0 Å². The number of hydrogen-bond donors (Lipinski definition) is 2. The van der Waals surface area contributed by atoms with Crippen molar-refractivity contribution in [2.45, 2.75) is 32.2 Å². The van der Waals surface area contributed by atoms with Gasteiger partial charge in [-0.1, -0.05) is 0 Å². The minimum absolute atomic E-state index is 0.197. The van der Waals surface area contributed by atoms with E-state index in [1.807, 2.05) is 6.92 Å². The van der Waals surface area contributed by atoms with E-state index in [1.165, 1.54) is 0 Å². The van der Waals surface area contributed by atoms with Gasteiger partial charge in [0, 0.05) is 12.5 Å². The van der Waals surface area contributed by atoms with Crippen LogP contribution in [0.15, 0.2) is 0 Å². The summed E-state index contributed by atoms with van der Waals surface area (Å²) in [5.41, 5.74) is 4.95. The third kappa shape index (κ3) is 7.03. The SMILES string of the molecule is CC(CC#N)NCCCC(N)=O. The van der Waals surface area contributed by atoms with Crippen molar-refractivity contribution in [2.75, 3.05) is 6.54 Å². The van der Waals surface area contributed by atoms with Crippen LogP contribution < -0.4 is 11.1 Å². The maximum absolute atomic E-state index is 10.3. The van der Waals surface area contributed by atoms with Crippen LogP contribution in [0.4, 0.5) is 0 Å². The molecule has 1 amide bonds. The highest BCUT2D eigenvalue weighted by atomic mass is 16.1. The van der Waals surface area contributed by atoms with Crippen LogP contribution in [0.2, 0.25) is 0 Å². The smallest absolute Gasteiger partial charge is 0.217 e. The van der Waals surface area contributed by atoms with Crippen molar-refractivity contribution in [3.05, 3.63) is 0 Å². The second-order valence-corrected chi connectivity index (χ2v) is 2.79. The van der Waals surface area contributed by atoms with E-state index in [0.717, 1.165) is 13.0 Å². The first-order valence-corrected chi connectivity index (χ1v) is 4.05. The highest BCUT2D eigenvalue weighted by Crippen LogP contribution is 1.90. The average molecular weight is 169 g/mol. The zero-order valence-electron chi connectivity index (χ0n) is 7.34. The molecule has 0 radical (unpaired) electrons. The monoisotopic (exact) mass is 169 g/mol. The lowest BCUT2D eigenvalue weighted by Gasteiger charge is -2.08. The van der Waals surface area contributed by atoms with Gasteiger partial charge in [-0.15, -0.1) is 0 Å². The van der Waals surface area contributed by atoms with Crippen molar-refractivity contribution in [1.82, 2.24) is 5.32 Å². The fourth-order valence-corrected chi connectivity index (χ4v) is 0.820. The van der Waals surface area contributed by atoms with Gasteiger partial charge in [-0.2, -0.15) is 5.26 Å². The Bertz CT molecular complexity index is 174. The first-order chi connectivity index (χ1) is 5.66. The third-order valence-electron chi connectivity index (χ3n) is 1.49. The van der Waals surface area contributed by atoms with Crippen LogP contribution in [0, 0.1) is 11.3 Å². The van der Waals surface area contributed by atoms with E-state index in [-0.39, 0.29) is 11.9 Å². The molecule has 4 heteroatoms. The molecule has 0 aliphatic carbocycles. The van der Waals surface area contributed by atoms with E-state index in [2.05, 4.69) is 11.4 Å². The summed E-state index contributed by atoms with van der Waals surface area (Å²) >= 11 is 0. The van der Waals surface area contributed by atoms with E-state index >= 15 is 0 Å². The Morgan fingerprint density at radius 1 is 1.75 bits per heavy atom. The lowest BCUT2D eigenvalue weighted by atomic mass is 10.2. The molecule has 0 aliphatic heterocycles. The van der Waals surface area contributed by atoms with E-state index in [9.17, 15) is 4.79 Å². The maximum Gasteiger partial charge on any atom is 0.217 e. The Morgan fingerprint density at radius 2 is 2.42 bits per heavy atom. The first kappa shape index (κ1) is 10.9. The predicted molar refractivity (Wildman–Crippen MR) is 46.1 cm³/mol. The summed E-state index contributed by atoms with van der Waals surface area (Å²) in [5.74, 6) is -0.273. The van der Waals surface area contributed by atoms with Gasteiger partial charge in [-0.05, 0) is 19.9 Å². The average Bonchev–Trinajstić information content (AvgIpc) is 1.98. The quantitative estimate of drug-likeness (QED) is 0.555. The summed E-state index contributed by atoms with van der Waals surface area (Å²) in [7, 11) is 0. The summed E-state index contributed by atoms with van der Waals surface area (Å²) in [5, 5.41) is 11.4. The molecule has 0 aromatic carbocycles. The van der Waals surface area contributed by atoms with Crippen molar-refractivity contribution >= 4 is 5.91 Å². The number of nitrogens with one attached hydrogen (secondary N) is 1. The van der Waals surface area contributed by atoms with Gasteiger partial charge in [0.2, 0.25) is 5.91 Å². The molecular weight excluding hydrogens is 154 g/mol. The van der Waals surface area contributed by atoms with Crippen molar-refractivity contribution in [1.29, 1.82) is 5.26 Å². The van der Waals surface area contributed by atoms with Gasteiger partial charge < -0.3 is 11.1 Å². The molecule has 0 aromatic rings. The number of primary amides is 1. The van der Waals surface area contributed by atoms with Crippen molar-refractivity contribution in [3.63, 3.8) is 0 Å². The molecule has 68 valence electrons. The number of rotatable bonds is 6. The molecular formula is C8H15N3O. The van der Waals surface area contributed by atoms with Crippen LogP contribution in [0.5, 0.6) is 0 Å². The van der Waals surface area contributed by atoms with Crippen LogP contribution in [0.1, 0.15) is 26.2 Å².